The van der Waals surface area contributed by atoms with Crippen LogP contribution in [0.1, 0.15) is 102 Å². The number of nitrogens with zero attached hydrogens (tertiary/aromatic N) is 4. The van der Waals surface area contributed by atoms with E-state index in [9.17, 15) is 5.11 Å². The third-order valence-electron chi connectivity index (χ3n) is 15.2. The molecule has 12 nitrogen and oxygen atoms in total. The van der Waals surface area contributed by atoms with Gasteiger partial charge in [-0.25, -0.2) is 9.69 Å². The molecule has 0 saturated carbocycles. The van der Waals surface area contributed by atoms with Gasteiger partial charge in [-0.15, -0.1) is 0 Å². The lowest BCUT2D eigenvalue weighted by Crippen LogP contribution is -2.57. The fraction of sp³-hybridized carbons (Fsp3) is 0.323. The molecule has 4 amide bonds. The third-order valence-corrected chi connectivity index (χ3v) is 15.2. The summed E-state index contributed by atoms with van der Waals surface area (Å²) in [5, 5.41) is 13.4. The lowest BCUT2D eigenvalue weighted by atomic mass is 9.64. The van der Waals surface area contributed by atoms with Crippen molar-refractivity contribution in [1.82, 2.24) is 20.0 Å². The fourth-order valence-electron chi connectivity index (χ4n) is 11.9. The molecule has 0 radical (unpaired) electrons. The van der Waals surface area contributed by atoms with Gasteiger partial charge in [0.1, 0.15) is 29.9 Å². The van der Waals surface area contributed by atoms with Gasteiger partial charge in [-0.3, -0.25) is 24.2 Å². The molecule has 6 aromatic rings. The van der Waals surface area contributed by atoms with Crippen molar-refractivity contribution in [3.05, 3.63) is 203 Å². The maximum absolute atomic E-state index is 17.0. The minimum atomic E-state index is -1.98. The average Bonchev–Trinajstić information content (AvgIpc) is 3.94. The van der Waals surface area contributed by atoms with Crippen LogP contribution in [0.15, 0.2) is 164 Å². The summed E-state index contributed by atoms with van der Waals surface area (Å²) in [5.41, 5.74) is 3.29. The number of aliphatic hydroxyl groups is 1. The second-order valence-electron chi connectivity index (χ2n) is 19.9. The molecule has 0 aromatic heterocycles. The molecule has 3 fully saturated rings. The number of likely N-dealkylation sites (tertiary alicyclic amines) is 1. The summed E-state index contributed by atoms with van der Waals surface area (Å²) in [5.74, 6) is 4.02. The van der Waals surface area contributed by atoms with Crippen LogP contribution in [0.2, 0.25) is 0 Å². The van der Waals surface area contributed by atoms with E-state index in [1.165, 1.54) is 4.90 Å². The summed E-state index contributed by atoms with van der Waals surface area (Å²) >= 11 is 0. The predicted molar refractivity (Wildman–Crippen MR) is 284 cm³/mol. The second-order valence-corrected chi connectivity index (χ2v) is 19.9. The molecule has 378 valence electrons. The molecule has 7 atom stereocenters. The van der Waals surface area contributed by atoms with E-state index in [1.807, 2.05) is 163 Å². The molecule has 12 heteroatoms. The first-order valence-corrected chi connectivity index (χ1v) is 26.0. The number of nitrogens with one attached hydrogen (secondary N) is 1. The van der Waals surface area contributed by atoms with Gasteiger partial charge in [0, 0.05) is 30.8 Å². The summed E-state index contributed by atoms with van der Waals surface area (Å²) in [4.78, 5) is 71.7. The summed E-state index contributed by atoms with van der Waals surface area (Å²) in [6, 6.07) is 47.3. The van der Waals surface area contributed by atoms with E-state index in [2.05, 4.69) is 34.2 Å². The molecular formula is C62H63N5O7. The van der Waals surface area contributed by atoms with Gasteiger partial charge in [0.2, 0.25) is 11.8 Å². The maximum atomic E-state index is 17.0. The Morgan fingerprint density at radius 1 is 0.784 bits per heavy atom. The quantitative estimate of drug-likeness (QED) is 0.0910. The SMILES string of the molecule is C[C@@H](NC(=O)N1C(=O)[C@@]2(c3cc(C#CCN(C)Cc4ccccc4)ccc31)[C@H](C(=O)N1CCCCCCC1)[C@H]1C(=O)O[C@H](c3ccccc3)[C@H](c3ccccc3)N1[C@@H]2c1ccccc1OCCO)c1ccccc1. The highest BCUT2D eigenvalue weighted by molar-refractivity contribution is 6.24. The number of rotatable bonds is 12. The van der Waals surface area contributed by atoms with E-state index in [0.717, 1.165) is 54.4 Å². The number of carbonyl (C=O) groups excluding carboxylic acids is 4. The van der Waals surface area contributed by atoms with Crippen LogP contribution in [-0.4, -0.2) is 89.6 Å². The molecule has 0 bridgehead atoms. The Hall–Kier alpha value is -7.56. The fourth-order valence-corrected chi connectivity index (χ4v) is 11.9. The van der Waals surface area contributed by atoms with Crippen molar-refractivity contribution in [3.63, 3.8) is 0 Å². The number of fused-ring (bicyclic) bond motifs is 3. The van der Waals surface area contributed by atoms with Gasteiger partial charge in [-0.2, -0.15) is 0 Å². The Bertz CT molecular complexity index is 3010. The lowest BCUT2D eigenvalue weighted by molar-refractivity contribution is -0.179. The van der Waals surface area contributed by atoms with Crippen molar-refractivity contribution in [3.8, 4) is 17.6 Å². The minimum absolute atomic E-state index is 0.0675. The molecule has 0 aliphatic carbocycles. The zero-order valence-corrected chi connectivity index (χ0v) is 42.0. The van der Waals surface area contributed by atoms with Gasteiger partial charge in [0.05, 0.1) is 42.9 Å². The first-order chi connectivity index (χ1) is 36.2. The van der Waals surface area contributed by atoms with Gasteiger partial charge >= 0.3 is 12.0 Å². The van der Waals surface area contributed by atoms with Crippen molar-refractivity contribution < 1.29 is 33.8 Å². The van der Waals surface area contributed by atoms with Gasteiger partial charge in [0.25, 0.3) is 0 Å². The number of aliphatic hydroxyl groups excluding tert-OH is 1. The number of morpholine rings is 1. The number of imide groups is 1. The lowest BCUT2D eigenvalue weighted by Gasteiger charge is -2.46. The Balaban J connectivity index is 1.24. The molecule has 4 heterocycles. The number of amides is 4. The first kappa shape index (κ1) is 50.0. The van der Waals surface area contributed by atoms with Crippen LogP contribution in [0.5, 0.6) is 5.75 Å². The molecule has 1 spiro atoms. The number of cyclic esters (lactones) is 1. The average molecular weight is 990 g/mol. The molecule has 10 rings (SSSR count). The molecule has 0 unspecified atom stereocenters. The minimum Gasteiger partial charge on any atom is -0.491 e. The van der Waals surface area contributed by atoms with Gasteiger partial charge < -0.3 is 24.8 Å². The zero-order chi connectivity index (χ0) is 51.2. The largest absolute Gasteiger partial charge is 0.491 e. The van der Waals surface area contributed by atoms with Crippen molar-refractivity contribution in [2.24, 2.45) is 5.92 Å². The zero-order valence-electron chi connectivity index (χ0n) is 42.0. The molecule has 4 aliphatic rings. The Kier molecular flexibility index (Phi) is 15.1. The standard InChI is InChI=1S/C62H63N5O7/c1-43(46-26-12-7-13-27-46)63-61(72)66-51-35-34-44(25-22-36-64(2)42-45-23-10-6-11-24-45)41-50(51)62(60(66)71)53(58(69)65-37-20-4-3-5-21-38-65)55-59(70)74-56(48-30-16-9-17-31-48)54(47-28-14-8-15-29-47)67(55)57(62)49-32-18-19-33-52(49)73-40-39-68/h6-19,23-24,26-35,41,43,53-57,68H,3-5,20-21,36-40,42H2,1-2H3,(H,63,72)/t43-,53+,54+,55+,56-,57-,62+/m1/s1. The van der Waals surface area contributed by atoms with Crippen molar-refractivity contribution >= 4 is 29.5 Å². The van der Waals surface area contributed by atoms with Gasteiger partial charge in [-0.1, -0.05) is 171 Å². The van der Waals surface area contributed by atoms with E-state index in [-0.39, 0.29) is 24.8 Å². The monoisotopic (exact) mass is 989 g/mol. The molecule has 3 saturated heterocycles. The summed E-state index contributed by atoms with van der Waals surface area (Å²) in [7, 11) is 2.01. The smallest absolute Gasteiger partial charge is 0.329 e. The normalized spacial score (nSPS) is 22.9. The van der Waals surface area contributed by atoms with Crippen molar-refractivity contribution in [2.75, 3.05) is 44.8 Å². The number of anilines is 1. The summed E-state index contributed by atoms with van der Waals surface area (Å²) in [6.07, 6.45) is 3.53. The number of benzene rings is 6. The van der Waals surface area contributed by atoms with Crippen LogP contribution in [0, 0.1) is 17.8 Å². The topological polar surface area (TPSA) is 132 Å². The van der Waals surface area contributed by atoms with Crippen molar-refractivity contribution in [1.29, 1.82) is 0 Å². The van der Waals surface area contributed by atoms with Crippen LogP contribution < -0.4 is 15.0 Å². The Morgan fingerprint density at radius 2 is 1.41 bits per heavy atom. The molecule has 4 aliphatic heterocycles. The van der Waals surface area contributed by atoms with Crippen LogP contribution in [0.4, 0.5) is 10.5 Å². The predicted octanol–water partition coefficient (Wildman–Crippen LogP) is 9.47. The molecule has 74 heavy (non-hydrogen) atoms. The highest BCUT2D eigenvalue weighted by atomic mass is 16.6. The number of hydrogen-bond acceptors (Lipinski definition) is 9. The number of carbonyl (C=O) groups is 4. The highest BCUT2D eigenvalue weighted by Gasteiger charge is 2.76. The van der Waals surface area contributed by atoms with E-state index in [4.69, 9.17) is 9.47 Å². The van der Waals surface area contributed by atoms with Crippen LogP contribution in [-0.2, 0) is 31.1 Å². The third kappa shape index (κ3) is 9.59. The van der Waals surface area contributed by atoms with E-state index in [0.29, 0.717) is 48.6 Å². The second kappa shape index (κ2) is 22.3. The molecule has 6 aromatic carbocycles. The highest BCUT2D eigenvalue weighted by Crippen LogP contribution is 2.67. The van der Waals surface area contributed by atoms with Crippen molar-refractivity contribution in [2.45, 2.75) is 81.3 Å². The Labute approximate surface area is 433 Å². The van der Waals surface area contributed by atoms with Gasteiger partial charge in [0.15, 0.2) is 0 Å². The number of ether oxygens (including phenoxy) is 2. The number of esters is 1. The summed E-state index contributed by atoms with van der Waals surface area (Å²) in [6.45, 7) is 3.49. The first-order valence-electron chi connectivity index (χ1n) is 26.0. The van der Waals surface area contributed by atoms with E-state index < -0.39 is 59.5 Å². The number of urea groups is 1. The molecule has 2 N–H and O–H groups in total. The Morgan fingerprint density at radius 3 is 2.09 bits per heavy atom. The van der Waals surface area contributed by atoms with Crippen LogP contribution >= 0.6 is 0 Å². The van der Waals surface area contributed by atoms with Crippen LogP contribution in [0.3, 0.4) is 0 Å². The summed E-state index contributed by atoms with van der Waals surface area (Å²) < 4.78 is 13.2. The van der Waals surface area contributed by atoms with E-state index in [1.54, 1.807) is 12.1 Å². The number of para-hydroxylation sites is 1. The van der Waals surface area contributed by atoms with Gasteiger partial charge in [-0.05, 0) is 78.9 Å². The van der Waals surface area contributed by atoms with E-state index >= 15 is 19.2 Å². The van der Waals surface area contributed by atoms with Crippen LogP contribution in [0.25, 0.3) is 0 Å². The maximum Gasteiger partial charge on any atom is 0.329 e. The molecular weight excluding hydrogens is 927 g/mol. The number of hydrogen-bond donors (Lipinski definition) is 2.